The largest absolute Gasteiger partial charge is 0.381 e. The molecule has 0 radical (unpaired) electrons. The molecule has 7 nitrogen and oxygen atoms in total. The lowest BCUT2D eigenvalue weighted by Gasteiger charge is -2.30. The third-order valence-corrected chi connectivity index (χ3v) is 6.31. The third kappa shape index (κ3) is 5.02. The Morgan fingerprint density at radius 1 is 1.39 bits per heavy atom. The maximum atomic E-state index is 12.9. The minimum atomic E-state index is -0.144. The van der Waals surface area contributed by atoms with Crippen molar-refractivity contribution in [3.8, 4) is 6.07 Å². The summed E-state index contributed by atoms with van der Waals surface area (Å²) in [6.45, 7) is 6.67. The molecule has 0 saturated carbocycles. The molecule has 2 amide bonds. The molecule has 1 aromatic heterocycles. The number of ether oxygens (including phenoxy) is 1. The number of aromatic nitrogens is 2. The zero-order valence-electron chi connectivity index (χ0n) is 18.2. The van der Waals surface area contributed by atoms with Gasteiger partial charge >= 0.3 is 6.03 Å². The molecule has 31 heavy (non-hydrogen) atoms. The number of nitrogens with zero attached hydrogens (tertiary/aromatic N) is 4. The van der Waals surface area contributed by atoms with Crippen LogP contribution in [0.25, 0.3) is 0 Å². The van der Waals surface area contributed by atoms with Crippen LogP contribution in [0.3, 0.4) is 0 Å². The first-order valence-corrected chi connectivity index (χ1v) is 11.0. The standard InChI is InChI=1S/C24H29N5O2/c1-16-11-19(3-4-20(16)13-25)17(2)27-24(30)29-8-5-21-14-26-23(28-22(21)15-29)12-18-6-9-31-10-7-18/h3-4,11,14,17-18H,5-10,12,15H2,1-2H3,(H,27,30)/t17-/m1/s1. The zero-order valence-corrected chi connectivity index (χ0v) is 18.2. The molecule has 1 aromatic carbocycles. The smallest absolute Gasteiger partial charge is 0.318 e. The predicted molar refractivity (Wildman–Crippen MR) is 116 cm³/mol. The highest BCUT2D eigenvalue weighted by Gasteiger charge is 2.24. The van der Waals surface area contributed by atoms with Crippen LogP contribution in [0.4, 0.5) is 4.79 Å². The Labute approximate surface area is 183 Å². The second-order valence-corrected chi connectivity index (χ2v) is 8.55. The summed E-state index contributed by atoms with van der Waals surface area (Å²) in [4.78, 5) is 24.1. The number of aryl methyl sites for hydroxylation is 1. The molecule has 3 heterocycles. The number of benzene rings is 1. The Kier molecular flexibility index (Phi) is 6.47. The summed E-state index contributed by atoms with van der Waals surface area (Å²) in [5.41, 5.74) is 4.66. The highest BCUT2D eigenvalue weighted by atomic mass is 16.5. The van der Waals surface area contributed by atoms with Crippen LogP contribution in [0.1, 0.15) is 59.6 Å². The molecule has 1 saturated heterocycles. The van der Waals surface area contributed by atoms with Crippen molar-refractivity contribution < 1.29 is 9.53 Å². The van der Waals surface area contributed by atoms with Gasteiger partial charge in [-0.2, -0.15) is 5.26 Å². The second-order valence-electron chi connectivity index (χ2n) is 8.55. The van der Waals surface area contributed by atoms with Gasteiger partial charge in [-0.15, -0.1) is 0 Å². The maximum Gasteiger partial charge on any atom is 0.318 e. The molecule has 1 atom stereocenters. The Balaban J connectivity index is 1.39. The van der Waals surface area contributed by atoms with Gasteiger partial charge < -0.3 is 15.0 Å². The predicted octanol–water partition coefficient (Wildman–Crippen LogP) is 3.45. The molecule has 0 bridgehead atoms. The number of hydrogen-bond donors (Lipinski definition) is 1. The van der Waals surface area contributed by atoms with Crippen molar-refractivity contribution in [3.63, 3.8) is 0 Å². The van der Waals surface area contributed by atoms with Gasteiger partial charge in [0, 0.05) is 32.4 Å². The van der Waals surface area contributed by atoms with Crippen molar-refractivity contribution in [3.05, 3.63) is 58.2 Å². The van der Waals surface area contributed by atoms with E-state index in [1.54, 1.807) is 6.07 Å². The first-order valence-electron chi connectivity index (χ1n) is 11.0. The molecule has 162 valence electrons. The number of carbonyl (C=O) groups is 1. The fourth-order valence-corrected chi connectivity index (χ4v) is 4.27. The van der Waals surface area contributed by atoms with Crippen LogP contribution < -0.4 is 5.32 Å². The van der Waals surface area contributed by atoms with Gasteiger partial charge in [-0.05, 0) is 61.8 Å². The molecule has 1 N–H and O–H groups in total. The minimum absolute atomic E-state index is 0.0928. The molecular formula is C24H29N5O2. The SMILES string of the molecule is Cc1cc([C@@H](C)NC(=O)N2CCc3cnc(CC4CCOCC4)nc3C2)ccc1C#N. The van der Waals surface area contributed by atoms with E-state index in [1.165, 1.54) is 0 Å². The van der Waals surface area contributed by atoms with Gasteiger partial charge in [0.1, 0.15) is 5.82 Å². The molecule has 0 unspecified atom stereocenters. The Morgan fingerprint density at radius 2 is 2.19 bits per heavy atom. The van der Waals surface area contributed by atoms with Crippen molar-refractivity contribution in [2.24, 2.45) is 5.92 Å². The summed E-state index contributed by atoms with van der Waals surface area (Å²) >= 11 is 0. The van der Waals surface area contributed by atoms with E-state index in [-0.39, 0.29) is 12.1 Å². The first kappa shape index (κ1) is 21.3. The van der Waals surface area contributed by atoms with E-state index in [1.807, 2.05) is 37.1 Å². The number of rotatable bonds is 4. The van der Waals surface area contributed by atoms with Gasteiger partial charge in [-0.25, -0.2) is 14.8 Å². The summed E-state index contributed by atoms with van der Waals surface area (Å²) in [6.07, 6.45) is 5.69. The Morgan fingerprint density at radius 3 is 2.94 bits per heavy atom. The fraction of sp³-hybridized carbons (Fsp3) is 0.500. The molecule has 7 heteroatoms. The average molecular weight is 420 g/mol. The van der Waals surface area contributed by atoms with E-state index >= 15 is 0 Å². The minimum Gasteiger partial charge on any atom is -0.381 e. The second kappa shape index (κ2) is 9.44. The number of amides is 2. The molecule has 0 aliphatic carbocycles. The van der Waals surface area contributed by atoms with Gasteiger partial charge in [-0.3, -0.25) is 0 Å². The van der Waals surface area contributed by atoms with E-state index < -0.39 is 0 Å². The van der Waals surface area contributed by atoms with E-state index in [4.69, 9.17) is 15.0 Å². The van der Waals surface area contributed by atoms with Crippen LogP contribution in [0, 0.1) is 24.2 Å². The molecular weight excluding hydrogens is 390 g/mol. The van der Waals surface area contributed by atoms with Crippen LogP contribution in [-0.2, 0) is 24.1 Å². The molecule has 2 aromatic rings. The van der Waals surface area contributed by atoms with Crippen molar-refractivity contribution >= 4 is 6.03 Å². The Hall–Kier alpha value is -2.98. The van der Waals surface area contributed by atoms with Crippen LogP contribution in [0.5, 0.6) is 0 Å². The number of hydrogen-bond acceptors (Lipinski definition) is 5. The number of urea groups is 1. The summed E-state index contributed by atoms with van der Waals surface area (Å²) in [5.74, 6) is 1.45. The zero-order chi connectivity index (χ0) is 21.8. The van der Waals surface area contributed by atoms with Gasteiger partial charge in [0.25, 0.3) is 0 Å². The van der Waals surface area contributed by atoms with Crippen molar-refractivity contribution in [2.45, 2.75) is 52.1 Å². The first-order chi connectivity index (χ1) is 15.0. The van der Waals surface area contributed by atoms with Crippen LogP contribution in [0.15, 0.2) is 24.4 Å². The fourth-order valence-electron chi connectivity index (χ4n) is 4.27. The summed E-state index contributed by atoms with van der Waals surface area (Å²) in [7, 11) is 0. The van der Waals surface area contributed by atoms with Crippen LogP contribution in [0.2, 0.25) is 0 Å². The quantitative estimate of drug-likeness (QED) is 0.820. The molecule has 2 aliphatic rings. The van der Waals surface area contributed by atoms with Crippen molar-refractivity contribution in [1.82, 2.24) is 20.2 Å². The van der Waals surface area contributed by atoms with Crippen LogP contribution in [-0.4, -0.2) is 40.7 Å². The summed E-state index contributed by atoms with van der Waals surface area (Å²) < 4.78 is 5.44. The molecule has 1 fully saturated rings. The topological polar surface area (TPSA) is 91.1 Å². The van der Waals surface area contributed by atoms with Gasteiger partial charge in [-0.1, -0.05) is 12.1 Å². The van der Waals surface area contributed by atoms with Gasteiger partial charge in [0.05, 0.1) is 29.9 Å². The highest BCUT2D eigenvalue weighted by Crippen LogP contribution is 2.22. The monoisotopic (exact) mass is 419 g/mol. The maximum absolute atomic E-state index is 12.9. The molecule has 4 rings (SSSR count). The third-order valence-electron chi connectivity index (χ3n) is 6.31. The van der Waals surface area contributed by atoms with Crippen molar-refractivity contribution in [1.29, 1.82) is 5.26 Å². The lowest BCUT2D eigenvalue weighted by Crippen LogP contribution is -2.44. The lowest BCUT2D eigenvalue weighted by molar-refractivity contribution is 0.0659. The summed E-state index contributed by atoms with van der Waals surface area (Å²) in [6, 6.07) is 7.61. The average Bonchev–Trinajstić information content (AvgIpc) is 2.79. The normalized spacial score (nSPS) is 17.5. The molecule has 0 spiro atoms. The van der Waals surface area contributed by atoms with E-state index in [0.29, 0.717) is 24.6 Å². The number of nitrogens with one attached hydrogen (secondary N) is 1. The van der Waals surface area contributed by atoms with Crippen molar-refractivity contribution in [2.75, 3.05) is 19.8 Å². The van der Waals surface area contributed by atoms with E-state index in [2.05, 4.69) is 16.4 Å². The lowest BCUT2D eigenvalue weighted by atomic mass is 9.96. The molecule has 2 aliphatic heterocycles. The number of carbonyl (C=O) groups excluding carboxylic acids is 1. The van der Waals surface area contributed by atoms with Crippen LogP contribution >= 0.6 is 0 Å². The number of nitriles is 1. The van der Waals surface area contributed by atoms with E-state index in [0.717, 1.165) is 67.1 Å². The highest BCUT2D eigenvalue weighted by molar-refractivity contribution is 5.75. The Bertz CT molecular complexity index is 994. The van der Waals surface area contributed by atoms with Gasteiger partial charge in [0.2, 0.25) is 0 Å². The summed E-state index contributed by atoms with van der Waals surface area (Å²) in [5, 5.41) is 12.2. The number of fused-ring (bicyclic) bond motifs is 1. The van der Waals surface area contributed by atoms with Gasteiger partial charge in [0.15, 0.2) is 0 Å². The van der Waals surface area contributed by atoms with E-state index in [9.17, 15) is 4.79 Å².